The Morgan fingerprint density at radius 2 is 1.77 bits per heavy atom. The third-order valence-corrected chi connectivity index (χ3v) is 11.0. The van der Waals surface area contributed by atoms with Crippen molar-refractivity contribution in [2.45, 2.75) is 62.8 Å². The van der Waals surface area contributed by atoms with Crippen LogP contribution in [0.3, 0.4) is 0 Å². The van der Waals surface area contributed by atoms with E-state index in [0.717, 1.165) is 23.3 Å². The number of nitrogens with one attached hydrogen (secondary N) is 1. The molecule has 186 valence electrons. The number of amides is 1. The van der Waals surface area contributed by atoms with Gasteiger partial charge in [0.1, 0.15) is 17.0 Å². The van der Waals surface area contributed by atoms with Gasteiger partial charge in [-0.15, -0.1) is 0 Å². The van der Waals surface area contributed by atoms with Crippen molar-refractivity contribution in [3.05, 3.63) is 45.8 Å². The van der Waals surface area contributed by atoms with Crippen LogP contribution >= 0.6 is 23.2 Å². The SMILES string of the molecule is O=C(CC12CC3CC(CC(C3)C1)C2)Nc1ncnc2c1CCN(S(=O)(=O)c1cc(Cl)ccc1Cl)C2. The van der Waals surface area contributed by atoms with E-state index in [0.29, 0.717) is 29.4 Å². The Balaban J connectivity index is 1.18. The van der Waals surface area contributed by atoms with Crippen molar-refractivity contribution < 1.29 is 13.2 Å². The van der Waals surface area contributed by atoms with E-state index in [1.165, 1.54) is 61.3 Å². The highest BCUT2D eigenvalue weighted by Crippen LogP contribution is 2.61. The lowest BCUT2D eigenvalue weighted by Crippen LogP contribution is -2.47. The van der Waals surface area contributed by atoms with Crippen LogP contribution in [0.5, 0.6) is 0 Å². The number of rotatable bonds is 5. The van der Waals surface area contributed by atoms with Crippen LogP contribution in [0.1, 0.15) is 56.2 Å². The van der Waals surface area contributed by atoms with Crippen molar-refractivity contribution >= 4 is 45.0 Å². The van der Waals surface area contributed by atoms with E-state index in [1.807, 2.05) is 0 Å². The molecule has 0 spiro atoms. The van der Waals surface area contributed by atoms with Crippen molar-refractivity contribution in [3.8, 4) is 0 Å². The van der Waals surface area contributed by atoms with E-state index >= 15 is 0 Å². The average molecular weight is 535 g/mol. The van der Waals surface area contributed by atoms with Gasteiger partial charge in [-0.2, -0.15) is 4.31 Å². The van der Waals surface area contributed by atoms with E-state index in [4.69, 9.17) is 23.2 Å². The Morgan fingerprint density at radius 1 is 1.09 bits per heavy atom. The van der Waals surface area contributed by atoms with Gasteiger partial charge in [0, 0.05) is 23.6 Å². The number of anilines is 1. The fraction of sp³-hybridized carbons (Fsp3) is 0.560. The standard InChI is InChI=1S/C25H28Cl2N4O3S/c26-18-1-2-20(27)22(8-18)35(33,34)31-4-3-19-21(13-31)28-14-29-24(19)30-23(32)12-25-9-15-5-16(10-25)7-17(6-15)11-25/h1-2,8,14-17H,3-7,9-13H2,(H,28,29,30,32). The highest BCUT2D eigenvalue weighted by molar-refractivity contribution is 7.89. The first-order valence-electron chi connectivity index (χ1n) is 12.3. The minimum atomic E-state index is -3.86. The number of fused-ring (bicyclic) bond motifs is 1. The third-order valence-electron chi connectivity index (χ3n) is 8.44. The van der Waals surface area contributed by atoms with Crippen LogP contribution in [0.15, 0.2) is 29.4 Å². The molecule has 4 aliphatic carbocycles. The largest absolute Gasteiger partial charge is 0.310 e. The molecule has 4 saturated carbocycles. The van der Waals surface area contributed by atoms with Crippen LogP contribution in [0.4, 0.5) is 5.82 Å². The quantitative estimate of drug-likeness (QED) is 0.577. The normalized spacial score (nSPS) is 29.7. The fourth-order valence-corrected chi connectivity index (χ4v) is 9.62. The maximum atomic E-state index is 13.3. The molecule has 4 bridgehead atoms. The average Bonchev–Trinajstić information content (AvgIpc) is 2.79. The monoisotopic (exact) mass is 534 g/mol. The molecule has 7 rings (SSSR count). The molecule has 7 nitrogen and oxygen atoms in total. The molecule has 1 aromatic carbocycles. The topological polar surface area (TPSA) is 92.3 Å². The summed E-state index contributed by atoms with van der Waals surface area (Å²) in [6.07, 6.45) is 9.90. The molecule has 35 heavy (non-hydrogen) atoms. The van der Waals surface area contributed by atoms with E-state index in [2.05, 4.69) is 15.3 Å². The van der Waals surface area contributed by atoms with Crippen LogP contribution in [-0.2, 0) is 27.8 Å². The smallest absolute Gasteiger partial charge is 0.244 e. The summed E-state index contributed by atoms with van der Waals surface area (Å²) in [4.78, 5) is 21.8. The van der Waals surface area contributed by atoms with Crippen LogP contribution in [0.25, 0.3) is 0 Å². The van der Waals surface area contributed by atoms with Gasteiger partial charge in [0.15, 0.2) is 0 Å². The number of carbonyl (C=O) groups is 1. The van der Waals surface area contributed by atoms with Crippen molar-refractivity contribution in [3.63, 3.8) is 0 Å². The zero-order valence-electron chi connectivity index (χ0n) is 19.3. The van der Waals surface area contributed by atoms with Gasteiger partial charge in [0.05, 0.1) is 17.3 Å². The van der Waals surface area contributed by atoms with Crippen molar-refractivity contribution in [2.24, 2.45) is 23.2 Å². The number of aromatic nitrogens is 2. The zero-order chi connectivity index (χ0) is 24.4. The van der Waals surface area contributed by atoms with Gasteiger partial charge in [-0.25, -0.2) is 18.4 Å². The Hall–Kier alpha value is -1.74. The third kappa shape index (κ3) is 4.37. The van der Waals surface area contributed by atoms with E-state index in [9.17, 15) is 13.2 Å². The fourth-order valence-electron chi connectivity index (χ4n) is 7.48. The first-order chi connectivity index (χ1) is 16.7. The summed E-state index contributed by atoms with van der Waals surface area (Å²) in [5, 5.41) is 3.48. The molecule has 1 aliphatic heterocycles. The molecule has 0 atom stereocenters. The molecule has 0 radical (unpaired) electrons. The molecule has 0 saturated heterocycles. The number of nitrogens with zero attached hydrogens (tertiary/aromatic N) is 3. The summed E-state index contributed by atoms with van der Waals surface area (Å²) in [5.41, 5.74) is 1.54. The molecule has 4 fully saturated rings. The molecule has 1 aromatic heterocycles. The molecule has 1 N–H and O–H groups in total. The Kier molecular flexibility index (Phi) is 5.87. The summed E-state index contributed by atoms with van der Waals surface area (Å²) in [7, 11) is -3.86. The lowest BCUT2D eigenvalue weighted by atomic mass is 9.49. The molecule has 0 unspecified atom stereocenters. The Labute approximate surface area is 215 Å². The molecule has 10 heteroatoms. The van der Waals surface area contributed by atoms with Gasteiger partial charge in [-0.1, -0.05) is 23.2 Å². The lowest BCUT2D eigenvalue weighted by Gasteiger charge is -2.56. The minimum absolute atomic E-state index is 0.00797. The second-order valence-electron chi connectivity index (χ2n) is 11.0. The second-order valence-corrected chi connectivity index (χ2v) is 13.7. The summed E-state index contributed by atoms with van der Waals surface area (Å²) in [6, 6.07) is 4.40. The molecular weight excluding hydrogens is 507 g/mol. The Morgan fingerprint density at radius 3 is 2.46 bits per heavy atom. The van der Waals surface area contributed by atoms with Gasteiger partial charge in [0.25, 0.3) is 0 Å². The van der Waals surface area contributed by atoms with Crippen molar-refractivity contribution in [1.29, 1.82) is 0 Å². The van der Waals surface area contributed by atoms with Gasteiger partial charge in [0.2, 0.25) is 15.9 Å². The number of halogens is 2. The van der Waals surface area contributed by atoms with Gasteiger partial charge in [-0.05, 0) is 86.3 Å². The molecule has 5 aliphatic rings. The first-order valence-corrected chi connectivity index (χ1v) is 14.5. The number of hydrogen-bond donors (Lipinski definition) is 1. The van der Waals surface area contributed by atoms with Crippen molar-refractivity contribution in [1.82, 2.24) is 14.3 Å². The second kappa shape index (κ2) is 8.68. The number of carbonyl (C=O) groups excluding carboxylic acids is 1. The molecule has 2 heterocycles. The molecular formula is C25H28Cl2N4O3S. The van der Waals surface area contributed by atoms with Crippen molar-refractivity contribution in [2.75, 3.05) is 11.9 Å². The van der Waals surface area contributed by atoms with E-state index in [1.54, 1.807) is 6.07 Å². The number of sulfonamides is 1. The predicted molar refractivity (Wildman–Crippen MR) is 134 cm³/mol. The van der Waals surface area contributed by atoms with Crippen LogP contribution in [0, 0.1) is 23.2 Å². The first kappa shape index (κ1) is 23.6. The highest BCUT2D eigenvalue weighted by atomic mass is 35.5. The van der Waals surface area contributed by atoms with Crippen LogP contribution in [0.2, 0.25) is 10.0 Å². The summed E-state index contributed by atoms with van der Waals surface area (Å²) in [6.45, 7) is 0.324. The van der Waals surface area contributed by atoms with E-state index in [-0.39, 0.29) is 34.3 Å². The van der Waals surface area contributed by atoms with Crippen LogP contribution in [-0.4, -0.2) is 35.1 Å². The zero-order valence-corrected chi connectivity index (χ0v) is 21.7. The van der Waals surface area contributed by atoms with Crippen LogP contribution < -0.4 is 5.32 Å². The number of benzene rings is 1. The number of hydrogen-bond acceptors (Lipinski definition) is 5. The van der Waals surface area contributed by atoms with Gasteiger partial charge >= 0.3 is 0 Å². The lowest BCUT2D eigenvalue weighted by molar-refractivity contribution is -0.124. The summed E-state index contributed by atoms with van der Waals surface area (Å²) < 4.78 is 27.9. The summed E-state index contributed by atoms with van der Waals surface area (Å²) >= 11 is 12.2. The molecule has 2 aromatic rings. The van der Waals surface area contributed by atoms with Gasteiger partial charge < -0.3 is 5.32 Å². The van der Waals surface area contributed by atoms with E-state index < -0.39 is 10.0 Å². The molecule has 1 amide bonds. The van der Waals surface area contributed by atoms with Gasteiger partial charge in [-0.3, -0.25) is 4.79 Å². The maximum absolute atomic E-state index is 13.3. The Bertz CT molecular complexity index is 1260. The minimum Gasteiger partial charge on any atom is -0.310 e. The highest BCUT2D eigenvalue weighted by Gasteiger charge is 2.51. The predicted octanol–water partition coefficient (Wildman–Crippen LogP) is 5.08. The maximum Gasteiger partial charge on any atom is 0.244 e. The summed E-state index contributed by atoms with van der Waals surface area (Å²) in [5.74, 6) is 2.89.